The normalized spacial score (nSPS) is 13.7. The van der Waals surface area contributed by atoms with Crippen molar-refractivity contribution in [2.24, 2.45) is 5.73 Å². The molecule has 1 heterocycles. The van der Waals surface area contributed by atoms with Crippen LogP contribution in [0.2, 0.25) is 0 Å². The van der Waals surface area contributed by atoms with Gasteiger partial charge in [0.2, 0.25) is 0 Å². The van der Waals surface area contributed by atoms with Gasteiger partial charge >= 0.3 is 0 Å². The number of rotatable bonds is 4. The zero-order valence-corrected chi connectivity index (χ0v) is 8.76. The Bertz CT molecular complexity index is 352. The lowest BCUT2D eigenvalue weighted by atomic mass is 10.0. The first-order chi connectivity index (χ1) is 7.33. The number of nitrogens with two attached hydrogens (primary N) is 1. The lowest BCUT2D eigenvalue weighted by molar-refractivity contribution is 0.350. The molecule has 2 nitrogen and oxygen atoms in total. The minimum absolute atomic E-state index is 0.146. The Hall–Kier alpha value is -1.09. The molecule has 3 heteroatoms. The molecule has 1 aromatic rings. The van der Waals surface area contributed by atoms with Crippen LogP contribution in [0.15, 0.2) is 12.1 Å². The highest BCUT2D eigenvalue weighted by Crippen LogP contribution is 2.32. The molecule has 0 saturated carbocycles. The van der Waals surface area contributed by atoms with Gasteiger partial charge in [-0.1, -0.05) is 6.07 Å². The molecule has 2 N–H and O–H groups in total. The average molecular weight is 209 g/mol. The number of fused-ring (bicyclic) bond motifs is 1. The second-order valence-electron chi connectivity index (χ2n) is 3.86. The van der Waals surface area contributed by atoms with E-state index in [1.54, 1.807) is 6.07 Å². The first-order valence-electron chi connectivity index (χ1n) is 5.46. The molecule has 0 unspecified atom stereocenters. The van der Waals surface area contributed by atoms with Crippen molar-refractivity contribution in [3.63, 3.8) is 0 Å². The van der Waals surface area contributed by atoms with Gasteiger partial charge in [-0.15, -0.1) is 0 Å². The standard InChI is InChI=1S/C12H16FNO/c13-11-5-4-9-6-8-15-12(9)10(11)3-1-2-7-14/h4-5H,1-3,6-8,14H2. The highest BCUT2D eigenvalue weighted by Gasteiger charge is 2.18. The molecule has 0 amide bonds. The third kappa shape index (κ3) is 2.12. The summed E-state index contributed by atoms with van der Waals surface area (Å²) in [5.41, 5.74) is 7.29. The quantitative estimate of drug-likeness (QED) is 0.770. The van der Waals surface area contributed by atoms with E-state index in [-0.39, 0.29) is 5.82 Å². The molecular weight excluding hydrogens is 193 g/mol. The van der Waals surface area contributed by atoms with Gasteiger partial charge in [-0.3, -0.25) is 0 Å². The molecule has 0 aromatic heterocycles. The maximum atomic E-state index is 13.6. The summed E-state index contributed by atoms with van der Waals surface area (Å²) in [5, 5.41) is 0. The van der Waals surface area contributed by atoms with Crippen molar-refractivity contribution in [1.29, 1.82) is 0 Å². The number of benzene rings is 1. The molecule has 0 bridgehead atoms. The van der Waals surface area contributed by atoms with Gasteiger partial charge in [-0.05, 0) is 37.4 Å². The van der Waals surface area contributed by atoms with E-state index < -0.39 is 0 Å². The number of unbranched alkanes of at least 4 members (excludes halogenated alkanes) is 1. The maximum Gasteiger partial charge on any atom is 0.130 e. The number of ether oxygens (including phenoxy) is 1. The lowest BCUT2D eigenvalue weighted by Crippen LogP contribution is -2.01. The fourth-order valence-electron chi connectivity index (χ4n) is 1.97. The average Bonchev–Trinajstić information content (AvgIpc) is 2.69. The lowest BCUT2D eigenvalue weighted by Gasteiger charge is -2.08. The van der Waals surface area contributed by atoms with E-state index in [2.05, 4.69) is 0 Å². The second kappa shape index (κ2) is 4.62. The predicted molar refractivity (Wildman–Crippen MR) is 57.6 cm³/mol. The minimum atomic E-state index is -0.146. The monoisotopic (exact) mass is 209 g/mol. The van der Waals surface area contributed by atoms with Crippen LogP contribution >= 0.6 is 0 Å². The van der Waals surface area contributed by atoms with E-state index >= 15 is 0 Å². The summed E-state index contributed by atoms with van der Waals surface area (Å²) in [6.07, 6.45) is 3.49. The van der Waals surface area contributed by atoms with E-state index in [1.807, 2.05) is 6.07 Å². The molecule has 0 fully saturated rings. The Kier molecular flexibility index (Phi) is 3.21. The van der Waals surface area contributed by atoms with Crippen molar-refractivity contribution in [1.82, 2.24) is 0 Å². The van der Waals surface area contributed by atoms with Crippen molar-refractivity contribution >= 4 is 0 Å². The Labute approximate surface area is 89.2 Å². The van der Waals surface area contributed by atoms with Crippen molar-refractivity contribution in [3.8, 4) is 5.75 Å². The van der Waals surface area contributed by atoms with Gasteiger partial charge in [-0.25, -0.2) is 4.39 Å². The summed E-state index contributed by atoms with van der Waals surface area (Å²) in [6, 6.07) is 3.37. The second-order valence-corrected chi connectivity index (χ2v) is 3.86. The summed E-state index contributed by atoms with van der Waals surface area (Å²) in [7, 11) is 0. The molecule has 15 heavy (non-hydrogen) atoms. The van der Waals surface area contributed by atoms with Crippen LogP contribution < -0.4 is 10.5 Å². The fourth-order valence-corrected chi connectivity index (χ4v) is 1.97. The smallest absolute Gasteiger partial charge is 0.130 e. The van der Waals surface area contributed by atoms with Crippen LogP contribution in [-0.2, 0) is 12.8 Å². The summed E-state index contributed by atoms with van der Waals surface area (Å²) in [6.45, 7) is 1.35. The molecular formula is C12H16FNO. The van der Waals surface area contributed by atoms with Crippen LogP contribution in [0.25, 0.3) is 0 Å². The molecule has 0 saturated heterocycles. The van der Waals surface area contributed by atoms with Gasteiger partial charge < -0.3 is 10.5 Å². The molecule has 0 radical (unpaired) electrons. The largest absolute Gasteiger partial charge is 0.493 e. The molecule has 1 aliphatic heterocycles. The Morgan fingerprint density at radius 2 is 2.20 bits per heavy atom. The Balaban J connectivity index is 2.17. The zero-order chi connectivity index (χ0) is 10.7. The topological polar surface area (TPSA) is 35.2 Å². The highest BCUT2D eigenvalue weighted by molar-refractivity contribution is 5.44. The van der Waals surface area contributed by atoms with Crippen molar-refractivity contribution in [2.75, 3.05) is 13.2 Å². The first kappa shape index (κ1) is 10.4. The van der Waals surface area contributed by atoms with Crippen LogP contribution in [0.3, 0.4) is 0 Å². The minimum Gasteiger partial charge on any atom is -0.493 e. The van der Waals surface area contributed by atoms with Gasteiger partial charge in [0, 0.05) is 12.0 Å². The van der Waals surface area contributed by atoms with Crippen molar-refractivity contribution in [3.05, 3.63) is 29.1 Å². The van der Waals surface area contributed by atoms with E-state index in [0.717, 1.165) is 42.6 Å². The third-order valence-electron chi connectivity index (χ3n) is 2.78. The van der Waals surface area contributed by atoms with Crippen LogP contribution in [-0.4, -0.2) is 13.2 Å². The van der Waals surface area contributed by atoms with Gasteiger partial charge in [0.15, 0.2) is 0 Å². The predicted octanol–water partition coefficient (Wildman–Crippen LogP) is 2.04. The number of halogens is 1. The Morgan fingerprint density at radius 3 is 3.00 bits per heavy atom. The molecule has 0 spiro atoms. The van der Waals surface area contributed by atoms with E-state index in [4.69, 9.17) is 10.5 Å². The maximum absolute atomic E-state index is 13.6. The summed E-state index contributed by atoms with van der Waals surface area (Å²) >= 11 is 0. The summed E-state index contributed by atoms with van der Waals surface area (Å²) in [4.78, 5) is 0. The van der Waals surface area contributed by atoms with E-state index in [9.17, 15) is 4.39 Å². The van der Waals surface area contributed by atoms with Crippen LogP contribution in [0, 0.1) is 5.82 Å². The number of hydrogen-bond donors (Lipinski definition) is 1. The summed E-state index contributed by atoms with van der Waals surface area (Å²) in [5.74, 6) is 0.639. The molecule has 2 rings (SSSR count). The van der Waals surface area contributed by atoms with Gasteiger partial charge in [-0.2, -0.15) is 0 Å². The third-order valence-corrected chi connectivity index (χ3v) is 2.78. The molecule has 82 valence electrons. The molecule has 0 atom stereocenters. The van der Waals surface area contributed by atoms with Crippen LogP contribution in [0.4, 0.5) is 4.39 Å². The van der Waals surface area contributed by atoms with Gasteiger partial charge in [0.05, 0.1) is 6.61 Å². The van der Waals surface area contributed by atoms with E-state index in [0.29, 0.717) is 13.2 Å². The van der Waals surface area contributed by atoms with Crippen molar-refractivity contribution < 1.29 is 9.13 Å². The molecule has 1 aliphatic rings. The molecule has 1 aromatic carbocycles. The zero-order valence-electron chi connectivity index (χ0n) is 8.76. The highest BCUT2D eigenvalue weighted by atomic mass is 19.1. The first-order valence-corrected chi connectivity index (χ1v) is 5.46. The molecule has 0 aliphatic carbocycles. The number of hydrogen-bond acceptors (Lipinski definition) is 2. The van der Waals surface area contributed by atoms with Crippen molar-refractivity contribution in [2.45, 2.75) is 25.7 Å². The van der Waals surface area contributed by atoms with Gasteiger partial charge in [0.1, 0.15) is 11.6 Å². The van der Waals surface area contributed by atoms with E-state index in [1.165, 1.54) is 0 Å². The van der Waals surface area contributed by atoms with Gasteiger partial charge in [0.25, 0.3) is 0 Å². The summed E-state index contributed by atoms with van der Waals surface area (Å²) < 4.78 is 19.0. The fraction of sp³-hybridized carbons (Fsp3) is 0.500. The Morgan fingerprint density at radius 1 is 1.33 bits per heavy atom. The van der Waals surface area contributed by atoms with Crippen LogP contribution in [0.1, 0.15) is 24.0 Å². The SMILES string of the molecule is NCCCCc1c(F)ccc2c1OCC2. The van der Waals surface area contributed by atoms with Crippen LogP contribution in [0.5, 0.6) is 5.75 Å².